The zero-order valence-corrected chi connectivity index (χ0v) is 30.8. The zero-order chi connectivity index (χ0) is 35.7. The summed E-state index contributed by atoms with van der Waals surface area (Å²) < 4.78 is 0. The maximum absolute atomic E-state index is 13.8. The first-order valence-electron chi connectivity index (χ1n) is 18.9. The summed E-state index contributed by atoms with van der Waals surface area (Å²) in [6.45, 7) is 19.5. The van der Waals surface area contributed by atoms with E-state index < -0.39 is 11.9 Å². The van der Waals surface area contributed by atoms with Gasteiger partial charge in [0.15, 0.2) is 0 Å². The Morgan fingerprint density at radius 2 is 1.57 bits per heavy atom. The van der Waals surface area contributed by atoms with Crippen LogP contribution in [0.15, 0.2) is 36.4 Å². The summed E-state index contributed by atoms with van der Waals surface area (Å²) in [5.41, 5.74) is 8.85. The van der Waals surface area contributed by atoms with Crippen LogP contribution in [0.25, 0.3) is 0 Å². The van der Waals surface area contributed by atoms with Crippen LogP contribution >= 0.6 is 0 Å². The SMILES string of the molecule is C=C(C)[C@@H]1CC[C@]2(NC(=O)N(CCN)CC(=O)O)CC[C@]3(C)[C@H](CC[C@@H]4[C@@]5(C)CCC(c6ccc(C(=O)O)cc6)C(C)(C)[C@@H]5CC[C@]43C)[C@@H]12. The third kappa shape index (κ3) is 5.45. The summed E-state index contributed by atoms with van der Waals surface area (Å²) in [5, 5.41) is 22.5. The van der Waals surface area contributed by atoms with Gasteiger partial charge in [0.25, 0.3) is 0 Å². The van der Waals surface area contributed by atoms with Gasteiger partial charge in [0.05, 0.1) is 5.56 Å². The first-order valence-corrected chi connectivity index (χ1v) is 18.9. The molecule has 0 aliphatic heterocycles. The highest BCUT2D eigenvalue weighted by atomic mass is 16.4. The normalized spacial score (nSPS) is 40.6. The number of carbonyl (C=O) groups is 3. The van der Waals surface area contributed by atoms with E-state index in [1.165, 1.54) is 41.7 Å². The average Bonchev–Trinajstić information content (AvgIpc) is 3.40. The van der Waals surface area contributed by atoms with E-state index in [0.29, 0.717) is 35.2 Å². The number of fused-ring (bicyclic) bond motifs is 7. The molecule has 0 radical (unpaired) electrons. The lowest BCUT2D eigenvalue weighted by Gasteiger charge is -2.73. The van der Waals surface area contributed by atoms with Crippen molar-refractivity contribution in [3.05, 3.63) is 47.5 Å². The van der Waals surface area contributed by atoms with Crippen LogP contribution in [0.3, 0.4) is 0 Å². The van der Waals surface area contributed by atoms with Crippen LogP contribution in [0, 0.1) is 51.2 Å². The molecule has 0 bridgehead atoms. The highest BCUT2D eigenvalue weighted by Crippen LogP contribution is 2.77. The quantitative estimate of drug-likeness (QED) is 0.207. The Morgan fingerprint density at radius 1 is 0.878 bits per heavy atom. The molecule has 0 spiro atoms. The Morgan fingerprint density at radius 3 is 2.18 bits per heavy atom. The fourth-order valence-electron chi connectivity index (χ4n) is 13.7. The Bertz CT molecular complexity index is 1490. The van der Waals surface area contributed by atoms with E-state index in [1.807, 2.05) is 0 Å². The Balaban J connectivity index is 1.30. The number of hydrogen-bond acceptors (Lipinski definition) is 4. The Hall–Kier alpha value is -2.87. The number of nitrogens with two attached hydrogens (primary N) is 1. The number of rotatable bonds is 8. The third-order valence-electron chi connectivity index (χ3n) is 16.0. The van der Waals surface area contributed by atoms with E-state index in [9.17, 15) is 24.6 Å². The highest BCUT2D eigenvalue weighted by molar-refractivity contribution is 5.87. The maximum Gasteiger partial charge on any atom is 0.335 e. The van der Waals surface area contributed by atoms with Gasteiger partial charge in [-0.3, -0.25) is 4.79 Å². The van der Waals surface area contributed by atoms with Crippen LogP contribution in [-0.2, 0) is 4.79 Å². The maximum atomic E-state index is 13.8. The molecule has 8 heteroatoms. The number of nitrogens with zero attached hydrogens (tertiary/aromatic N) is 1. The van der Waals surface area contributed by atoms with Crippen LogP contribution in [0.5, 0.6) is 0 Å². The van der Waals surface area contributed by atoms with Crippen molar-refractivity contribution in [3.63, 3.8) is 0 Å². The minimum absolute atomic E-state index is 0.0880. The monoisotopic (exact) mass is 675 g/mol. The molecule has 8 nitrogen and oxygen atoms in total. The summed E-state index contributed by atoms with van der Waals surface area (Å²) in [6.07, 6.45) is 10.9. The number of aromatic carboxylic acids is 1. The molecule has 2 amide bonds. The fraction of sp³-hybridized carbons (Fsp3) is 0.732. The van der Waals surface area contributed by atoms with Crippen LogP contribution in [0.4, 0.5) is 4.79 Å². The number of urea groups is 1. The lowest BCUT2D eigenvalue weighted by Crippen LogP contribution is -2.69. The molecule has 5 saturated carbocycles. The van der Waals surface area contributed by atoms with Gasteiger partial charge in [0, 0.05) is 18.6 Å². The molecule has 1 unspecified atom stereocenters. The molecular formula is C41H61N3O5. The number of carboxylic acids is 2. The predicted molar refractivity (Wildman–Crippen MR) is 192 cm³/mol. The van der Waals surface area contributed by atoms with Gasteiger partial charge in [-0.2, -0.15) is 0 Å². The zero-order valence-electron chi connectivity index (χ0n) is 30.8. The second-order valence-corrected chi connectivity index (χ2v) is 18.2. The molecule has 10 atom stereocenters. The number of amides is 2. The molecule has 5 N–H and O–H groups in total. The molecule has 0 aromatic heterocycles. The molecular weight excluding hydrogens is 614 g/mol. The highest BCUT2D eigenvalue weighted by Gasteiger charge is 2.71. The predicted octanol–water partition coefficient (Wildman–Crippen LogP) is 7.93. The van der Waals surface area contributed by atoms with Crippen molar-refractivity contribution in [2.24, 2.45) is 57.0 Å². The lowest BCUT2D eigenvalue weighted by molar-refractivity contribution is -0.233. The average molecular weight is 676 g/mol. The van der Waals surface area contributed by atoms with Crippen LogP contribution in [0.1, 0.15) is 128 Å². The van der Waals surface area contributed by atoms with Crippen molar-refractivity contribution >= 4 is 18.0 Å². The minimum Gasteiger partial charge on any atom is -0.480 e. The number of carbonyl (C=O) groups excluding carboxylic acids is 1. The first kappa shape index (κ1) is 35.9. The molecule has 1 aromatic rings. The molecule has 5 aliphatic carbocycles. The molecule has 270 valence electrons. The van der Waals surface area contributed by atoms with E-state index in [4.69, 9.17) is 5.73 Å². The van der Waals surface area contributed by atoms with Crippen molar-refractivity contribution in [1.82, 2.24) is 10.2 Å². The largest absolute Gasteiger partial charge is 0.480 e. The van der Waals surface area contributed by atoms with Gasteiger partial charge >= 0.3 is 18.0 Å². The molecule has 6 rings (SSSR count). The molecule has 5 aliphatic rings. The minimum atomic E-state index is -1.02. The molecule has 1 aromatic carbocycles. The fourth-order valence-corrected chi connectivity index (χ4v) is 13.7. The smallest absolute Gasteiger partial charge is 0.335 e. The third-order valence-corrected chi connectivity index (χ3v) is 16.0. The van der Waals surface area contributed by atoms with E-state index in [2.05, 4.69) is 65.6 Å². The van der Waals surface area contributed by atoms with E-state index >= 15 is 0 Å². The van der Waals surface area contributed by atoms with Gasteiger partial charge in [-0.25, -0.2) is 9.59 Å². The topological polar surface area (TPSA) is 133 Å². The summed E-state index contributed by atoms with van der Waals surface area (Å²) in [5.74, 6) is 0.753. The number of carboxylic acid groups (broad SMARTS) is 2. The van der Waals surface area contributed by atoms with Crippen LogP contribution in [0.2, 0.25) is 0 Å². The van der Waals surface area contributed by atoms with Gasteiger partial charge in [-0.05, 0) is 146 Å². The van der Waals surface area contributed by atoms with Gasteiger partial charge in [0.2, 0.25) is 0 Å². The van der Waals surface area contributed by atoms with E-state index in [-0.39, 0.29) is 58.8 Å². The lowest BCUT2D eigenvalue weighted by atomic mass is 9.32. The van der Waals surface area contributed by atoms with Crippen molar-refractivity contribution in [2.45, 2.75) is 117 Å². The molecule has 0 heterocycles. The van der Waals surface area contributed by atoms with Gasteiger partial charge in [0.1, 0.15) is 6.54 Å². The van der Waals surface area contributed by atoms with Crippen molar-refractivity contribution in [3.8, 4) is 0 Å². The second-order valence-electron chi connectivity index (χ2n) is 18.2. The van der Waals surface area contributed by atoms with E-state index in [0.717, 1.165) is 38.5 Å². The van der Waals surface area contributed by atoms with E-state index in [1.54, 1.807) is 12.1 Å². The Labute approximate surface area is 293 Å². The Kier molecular flexibility index (Phi) is 9.11. The number of aliphatic carboxylic acids is 1. The number of benzene rings is 1. The molecule has 49 heavy (non-hydrogen) atoms. The van der Waals surface area contributed by atoms with Crippen LogP contribution in [-0.4, -0.2) is 58.3 Å². The molecule has 0 saturated heterocycles. The van der Waals surface area contributed by atoms with Crippen LogP contribution < -0.4 is 11.1 Å². The van der Waals surface area contributed by atoms with Gasteiger partial charge in [-0.1, -0.05) is 58.9 Å². The summed E-state index contributed by atoms with van der Waals surface area (Å²) >= 11 is 0. The van der Waals surface area contributed by atoms with Gasteiger partial charge in [-0.15, -0.1) is 0 Å². The first-order chi connectivity index (χ1) is 22.9. The van der Waals surface area contributed by atoms with Gasteiger partial charge < -0.3 is 26.2 Å². The van der Waals surface area contributed by atoms with Crippen molar-refractivity contribution < 1.29 is 24.6 Å². The standard InChI is InChI=1S/C41H61N3O5/c1-25(2)28-14-19-41(43-36(49)44(23-22-42)24-33(45)46)21-20-39(6)30(34(28)41)12-13-32-38(5)17-15-29(26-8-10-27(11-9-26)35(47)48)37(3,4)31(38)16-18-40(32,39)7/h8-11,28-32,34H,1,12-24,42H2,2-7H3,(H,43,49)(H,45,46)(H,47,48)/t28-,29?,30+,31-,32+,34+,38-,39+,40+,41-/m0/s1. The van der Waals surface area contributed by atoms with Crippen molar-refractivity contribution in [2.75, 3.05) is 19.6 Å². The summed E-state index contributed by atoms with van der Waals surface area (Å²) in [4.78, 5) is 38.3. The number of nitrogens with one attached hydrogen (secondary N) is 1. The summed E-state index contributed by atoms with van der Waals surface area (Å²) in [7, 11) is 0. The molecule has 5 fully saturated rings. The summed E-state index contributed by atoms with van der Waals surface area (Å²) in [6, 6.07) is 7.36. The number of allylic oxidation sites excluding steroid dienone is 1. The second kappa shape index (κ2) is 12.4. The van der Waals surface area contributed by atoms with Crippen molar-refractivity contribution in [1.29, 1.82) is 0 Å². The number of hydrogen-bond donors (Lipinski definition) is 4.